The molecular formula is C30H26N4. The number of benzene rings is 4. The van der Waals surface area contributed by atoms with E-state index in [1.54, 1.807) is 0 Å². The van der Waals surface area contributed by atoms with Crippen LogP contribution in [0.15, 0.2) is 125 Å². The standard InChI is InChI=1S/C30H26N4/c1-21-13-17-25(18-14-21)31-29-30(32-26-19-15-22(2)16-20-26)34-28(33-29)27(23-9-5-3-6-10-23)24-11-7-4-8-12-24/h3-20H,1-2H3,(H,31,33)(H,32,34). The van der Waals surface area contributed by atoms with Crippen molar-refractivity contribution in [3.8, 4) is 0 Å². The highest BCUT2D eigenvalue weighted by Crippen LogP contribution is 2.31. The van der Waals surface area contributed by atoms with E-state index in [-0.39, 0.29) is 0 Å². The number of hydrogen-bond donors (Lipinski definition) is 2. The molecule has 0 saturated carbocycles. The first kappa shape index (κ1) is 21.4. The van der Waals surface area contributed by atoms with Crippen molar-refractivity contribution in [1.29, 1.82) is 0 Å². The third-order valence-corrected chi connectivity index (χ3v) is 5.64. The number of anilines is 2. The first-order valence-electron chi connectivity index (χ1n) is 11.4. The van der Waals surface area contributed by atoms with Crippen LogP contribution in [0.25, 0.3) is 5.57 Å². The van der Waals surface area contributed by atoms with Gasteiger partial charge >= 0.3 is 0 Å². The van der Waals surface area contributed by atoms with Gasteiger partial charge in [-0.05, 0) is 49.2 Å². The molecule has 5 rings (SSSR count). The summed E-state index contributed by atoms with van der Waals surface area (Å²) >= 11 is 0. The van der Waals surface area contributed by atoms with E-state index >= 15 is 0 Å². The summed E-state index contributed by atoms with van der Waals surface area (Å²) in [5.74, 6) is 2.04. The van der Waals surface area contributed by atoms with Gasteiger partial charge in [0.2, 0.25) is 0 Å². The van der Waals surface area contributed by atoms with E-state index in [0.717, 1.165) is 28.1 Å². The lowest BCUT2D eigenvalue weighted by atomic mass is 9.98. The van der Waals surface area contributed by atoms with Crippen molar-refractivity contribution < 1.29 is 0 Å². The van der Waals surface area contributed by atoms with Gasteiger partial charge < -0.3 is 10.6 Å². The second-order valence-electron chi connectivity index (χ2n) is 8.33. The van der Waals surface area contributed by atoms with Crippen LogP contribution in [-0.2, 0) is 0 Å². The summed E-state index contributed by atoms with van der Waals surface area (Å²) in [4.78, 5) is 9.95. The van der Waals surface area contributed by atoms with E-state index in [2.05, 4.69) is 97.3 Å². The van der Waals surface area contributed by atoms with Crippen LogP contribution in [-0.4, -0.2) is 11.7 Å². The van der Waals surface area contributed by atoms with Gasteiger partial charge in [-0.1, -0.05) is 96.1 Å². The van der Waals surface area contributed by atoms with Crippen molar-refractivity contribution in [3.63, 3.8) is 0 Å². The quantitative estimate of drug-likeness (QED) is 0.356. The second-order valence-corrected chi connectivity index (χ2v) is 8.33. The minimum atomic E-state index is 0.668. The number of aliphatic imine (C=N–C) groups is 2. The molecule has 0 aliphatic carbocycles. The molecule has 166 valence electrons. The number of hydrogen-bond acceptors (Lipinski definition) is 4. The lowest BCUT2D eigenvalue weighted by Crippen LogP contribution is -2.27. The maximum absolute atomic E-state index is 4.97. The summed E-state index contributed by atoms with van der Waals surface area (Å²) < 4.78 is 0. The highest BCUT2D eigenvalue weighted by Gasteiger charge is 2.22. The number of rotatable bonds is 4. The summed E-state index contributed by atoms with van der Waals surface area (Å²) in [6.45, 7) is 4.16. The number of nitrogens with zero attached hydrogens (tertiary/aromatic N) is 2. The van der Waals surface area contributed by atoms with Crippen molar-refractivity contribution in [1.82, 2.24) is 0 Å². The molecule has 0 radical (unpaired) electrons. The van der Waals surface area contributed by atoms with Crippen LogP contribution in [0.2, 0.25) is 0 Å². The molecule has 1 heterocycles. The zero-order valence-electron chi connectivity index (χ0n) is 19.3. The predicted molar refractivity (Wildman–Crippen MR) is 143 cm³/mol. The fourth-order valence-corrected chi connectivity index (χ4v) is 3.81. The Morgan fingerprint density at radius 1 is 0.500 bits per heavy atom. The van der Waals surface area contributed by atoms with E-state index in [4.69, 9.17) is 9.98 Å². The molecule has 0 saturated heterocycles. The summed E-state index contributed by atoms with van der Waals surface area (Å²) in [6, 6.07) is 37.1. The Hall–Kier alpha value is -4.44. The van der Waals surface area contributed by atoms with Gasteiger partial charge in [-0.2, -0.15) is 0 Å². The maximum Gasteiger partial charge on any atom is 0.176 e. The van der Waals surface area contributed by atoms with Gasteiger partial charge in [-0.25, -0.2) is 9.98 Å². The first-order valence-corrected chi connectivity index (χ1v) is 11.4. The SMILES string of the molecule is Cc1ccc(NC2=NC(=C(c3ccccc3)c3ccccc3)N=C2Nc2ccc(C)cc2)cc1. The molecule has 0 fully saturated rings. The number of aryl methyl sites for hydroxylation is 2. The Morgan fingerprint density at radius 2 is 0.882 bits per heavy atom. The third-order valence-electron chi connectivity index (χ3n) is 5.64. The molecule has 0 spiro atoms. The summed E-state index contributed by atoms with van der Waals surface area (Å²) in [5, 5.41) is 6.92. The third kappa shape index (κ3) is 4.81. The zero-order valence-corrected chi connectivity index (χ0v) is 19.3. The van der Waals surface area contributed by atoms with Crippen molar-refractivity contribution in [2.75, 3.05) is 10.6 Å². The zero-order chi connectivity index (χ0) is 23.3. The molecular weight excluding hydrogens is 416 g/mol. The smallest absolute Gasteiger partial charge is 0.176 e. The summed E-state index contributed by atoms with van der Waals surface area (Å²) in [7, 11) is 0. The Bertz CT molecular complexity index is 1260. The predicted octanol–water partition coefficient (Wildman–Crippen LogP) is 7.06. The molecule has 4 aromatic rings. The molecule has 1 aliphatic rings. The van der Waals surface area contributed by atoms with Crippen molar-refractivity contribution >= 4 is 28.6 Å². The Labute approximate surface area is 200 Å². The van der Waals surface area contributed by atoms with Crippen molar-refractivity contribution in [2.24, 2.45) is 9.98 Å². The van der Waals surface area contributed by atoms with Gasteiger partial charge in [-0.3, -0.25) is 0 Å². The minimum absolute atomic E-state index is 0.668. The van der Waals surface area contributed by atoms with E-state index in [0.29, 0.717) is 17.5 Å². The molecule has 0 aromatic heterocycles. The molecule has 0 unspecified atom stereocenters. The Balaban J connectivity index is 1.62. The fourth-order valence-electron chi connectivity index (χ4n) is 3.81. The first-order chi connectivity index (χ1) is 16.7. The molecule has 4 heteroatoms. The van der Waals surface area contributed by atoms with E-state index < -0.39 is 0 Å². The van der Waals surface area contributed by atoms with Crippen LogP contribution < -0.4 is 10.6 Å². The molecule has 0 bridgehead atoms. The largest absolute Gasteiger partial charge is 0.337 e. The topological polar surface area (TPSA) is 48.8 Å². The number of amidine groups is 2. The van der Waals surface area contributed by atoms with E-state index in [1.807, 2.05) is 36.4 Å². The lowest BCUT2D eigenvalue weighted by molar-refractivity contribution is 1.27. The van der Waals surface area contributed by atoms with Crippen LogP contribution in [0.4, 0.5) is 11.4 Å². The van der Waals surface area contributed by atoms with Crippen LogP contribution >= 0.6 is 0 Å². The average molecular weight is 443 g/mol. The lowest BCUT2D eigenvalue weighted by Gasteiger charge is -2.11. The van der Waals surface area contributed by atoms with Gasteiger partial charge in [0.05, 0.1) is 0 Å². The monoisotopic (exact) mass is 442 g/mol. The van der Waals surface area contributed by atoms with Crippen LogP contribution in [0, 0.1) is 13.8 Å². The Morgan fingerprint density at radius 3 is 1.26 bits per heavy atom. The molecule has 0 atom stereocenters. The summed E-state index contributed by atoms with van der Waals surface area (Å²) in [6.07, 6.45) is 0. The van der Waals surface area contributed by atoms with Crippen LogP contribution in [0.3, 0.4) is 0 Å². The van der Waals surface area contributed by atoms with Gasteiger partial charge in [-0.15, -0.1) is 0 Å². The fraction of sp³-hybridized carbons (Fsp3) is 0.0667. The Kier molecular flexibility index (Phi) is 6.04. The molecule has 1 aliphatic heterocycles. The highest BCUT2D eigenvalue weighted by molar-refractivity contribution is 6.50. The molecule has 34 heavy (non-hydrogen) atoms. The van der Waals surface area contributed by atoms with E-state index in [9.17, 15) is 0 Å². The van der Waals surface area contributed by atoms with Crippen molar-refractivity contribution in [3.05, 3.63) is 137 Å². The molecule has 4 nitrogen and oxygen atoms in total. The van der Waals surface area contributed by atoms with Crippen LogP contribution in [0.1, 0.15) is 22.3 Å². The van der Waals surface area contributed by atoms with E-state index in [1.165, 1.54) is 11.1 Å². The van der Waals surface area contributed by atoms with Crippen molar-refractivity contribution in [2.45, 2.75) is 13.8 Å². The highest BCUT2D eigenvalue weighted by atomic mass is 15.2. The van der Waals surface area contributed by atoms with Crippen LogP contribution in [0.5, 0.6) is 0 Å². The van der Waals surface area contributed by atoms with Gasteiger partial charge in [0.15, 0.2) is 17.5 Å². The molecule has 4 aromatic carbocycles. The number of nitrogens with one attached hydrogen (secondary N) is 2. The van der Waals surface area contributed by atoms with Gasteiger partial charge in [0.1, 0.15) is 0 Å². The normalized spacial score (nSPS) is 12.7. The second kappa shape index (κ2) is 9.59. The molecule has 0 amide bonds. The summed E-state index contributed by atoms with van der Waals surface area (Å²) in [5.41, 5.74) is 7.48. The average Bonchev–Trinajstić information content (AvgIpc) is 3.25. The van der Waals surface area contributed by atoms with Gasteiger partial charge in [0.25, 0.3) is 0 Å². The van der Waals surface area contributed by atoms with Gasteiger partial charge in [0, 0.05) is 16.9 Å². The maximum atomic E-state index is 4.97. The molecule has 2 N–H and O–H groups in total. The minimum Gasteiger partial charge on any atom is -0.337 e.